The summed E-state index contributed by atoms with van der Waals surface area (Å²) in [5, 5.41) is 11.6. The van der Waals surface area contributed by atoms with Crippen LogP contribution in [0.15, 0.2) is 58.6 Å². The highest BCUT2D eigenvalue weighted by Gasteiger charge is 2.34. The van der Waals surface area contributed by atoms with Gasteiger partial charge in [0.25, 0.3) is 5.91 Å². The average Bonchev–Trinajstić information content (AvgIpc) is 2.67. The van der Waals surface area contributed by atoms with E-state index in [1.54, 1.807) is 5.01 Å². The lowest BCUT2D eigenvalue weighted by molar-refractivity contribution is -0.116. The molecule has 5 nitrogen and oxygen atoms in total. The van der Waals surface area contributed by atoms with Crippen LogP contribution < -0.4 is 15.9 Å². The fraction of sp³-hybridized carbons (Fsp3) is 0.318. The van der Waals surface area contributed by atoms with E-state index in [-0.39, 0.29) is 17.5 Å². The van der Waals surface area contributed by atoms with Gasteiger partial charge in [0.1, 0.15) is 5.70 Å². The minimum atomic E-state index is -0.363. The fourth-order valence-electron chi connectivity index (χ4n) is 3.40. The third-order valence-corrected chi connectivity index (χ3v) is 5.62. The second-order valence-electron chi connectivity index (χ2n) is 7.88. The van der Waals surface area contributed by atoms with Crippen molar-refractivity contribution in [3.63, 3.8) is 0 Å². The number of hydrogen-bond acceptors (Lipinski definition) is 5. The molecular weight excluding hydrogens is 368 g/mol. The first-order valence-corrected chi connectivity index (χ1v) is 10.5. The van der Waals surface area contributed by atoms with E-state index in [0.29, 0.717) is 10.9 Å². The Kier molecular flexibility index (Phi) is 4.75. The second-order valence-corrected chi connectivity index (χ2v) is 9.13. The van der Waals surface area contributed by atoms with E-state index in [2.05, 4.69) is 50.4 Å². The molecular formula is C22H24N4OS. The van der Waals surface area contributed by atoms with Gasteiger partial charge in [-0.15, -0.1) is 5.10 Å². The molecule has 1 atom stereocenters. The number of nitrogens with one attached hydrogen (secondary N) is 1. The Morgan fingerprint density at radius 3 is 2.50 bits per heavy atom. The smallest absolute Gasteiger partial charge is 0.276 e. The SMILES string of the molecule is CCSC1=NN2C(=c3ccccc3=NC2c2ccc(C(C)(C)C)cc2)C(=O)N1. The summed E-state index contributed by atoms with van der Waals surface area (Å²) in [6.07, 6.45) is -0.363. The minimum Gasteiger partial charge on any atom is -0.298 e. The van der Waals surface area contributed by atoms with Crippen molar-refractivity contribution in [2.45, 2.75) is 39.3 Å². The average molecular weight is 393 g/mol. The number of amides is 1. The Morgan fingerprint density at radius 1 is 1.11 bits per heavy atom. The molecule has 0 bridgehead atoms. The van der Waals surface area contributed by atoms with Gasteiger partial charge < -0.3 is 0 Å². The second kappa shape index (κ2) is 7.09. The van der Waals surface area contributed by atoms with Crippen molar-refractivity contribution in [1.29, 1.82) is 0 Å². The summed E-state index contributed by atoms with van der Waals surface area (Å²) in [5.74, 6) is 0.700. The lowest BCUT2D eigenvalue weighted by atomic mass is 9.86. The van der Waals surface area contributed by atoms with Crippen molar-refractivity contribution in [3.05, 3.63) is 70.2 Å². The Bertz CT molecular complexity index is 1070. The maximum absolute atomic E-state index is 12.9. The molecule has 2 aliphatic rings. The van der Waals surface area contributed by atoms with Crippen molar-refractivity contribution in [2.24, 2.45) is 10.1 Å². The number of carbonyl (C=O) groups excluding carboxylic acids is 1. The summed E-state index contributed by atoms with van der Waals surface area (Å²) in [5.41, 5.74) is 2.91. The van der Waals surface area contributed by atoms with Crippen LogP contribution in [0, 0.1) is 0 Å². The maximum atomic E-state index is 12.9. The first-order valence-electron chi connectivity index (χ1n) is 9.48. The van der Waals surface area contributed by atoms with Gasteiger partial charge in [0.2, 0.25) is 0 Å². The van der Waals surface area contributed by atoms with Crippen LogP contribution in [0.4, 0.5) is 0 Å². The van der Waals surface area contributed by atoms with Crippen LogP contribution in [-0.4, -0.2) is 21.8 Å². The number of benzene rings is 2. The number of amidine groups is 1. The first kappa shape index (κ1) is 18.7. The molecule has 1 amide bonds. The van der Waals surface area contributed by atoms with Crippen LogP contribution in [0.2, 0.25) is 0 Å². The summed E-state index contributed by atoms with van der Waals surface area (Å²) in [7, 11) is 0. The number of rotatable bonds is 2. The van der Waals surface area contributed by atoms with E-state index in [4.69, 9.17) is 10.1 Å². The molecule has 0 spiro atoms. The van der Waals surface area contributed by atoms with E-state index in [0.717, 1.165) is 21.9 Å². The van der Waals surface area contributed by atoms with E-state index in [1.807, 2.05) is 31.2 Å². The van der Waals surface area contributed by atoms with Crippen molar-refractivity contribution < 1.29 is 4.79 Å². The van der Waals surface area contributed by atoms with Gasteiger partial charge >= 0.3 is 0 Å². The van der Waals surface area contributed by atoms with Gasteiger partial charge in [-0.1, -0.05) is 81.9 Å². The molecule has 2 aromatic rings. The predicted octanol–water partition coefficient (Wildman–Crippen LogP) is 2.88. The van der Waals surface area contributed by atoms with Crippen LogP contribution in [0.1, 0.15) is 45.0 Å². The fourth-order valence-corrected chi connectivity index (χ4v) is 3.99. The Morgan fingerprint density at radius 2 is 1.82 bits per heavy atom. The van der Waals surface area contributed by atoms with Crippen molar-refractivity contribution in [1.82, 2.24) is 10.3 Å². The highest BCUT2D eigenvalue weighted by molar-refractivity contribution is 8.13. The molecule has 0 radical (unpaired) electrons. The normalized spacial score (nSPS) is 18.6. The van der Waals surface area contributed by atoms with Crippen molar-refractivity contribution in [3.8, 4) is 0 Å². The molecule has 1 N–H and O–H groups in total. The van der Waals surface area contributed by atoms with Gasteiger partial charge in [0.05, 0.1) is 5.36 Å². The highest BCUT2D eigenvalue weighted by Crippen LogP contribution is 2.32. The standard InChI is InChI=1S/C22H24N4OS/c1-5-28-21-24-20(27)18-16-8-6-7-9-17(16)23-19(26(18)25-21)14-10-12-15(13-11-14)22(2,3)4/h6-13,19H,5H2,1-4H3,(H,24,25,27). The number of para-hydroxylation sites is 1. The zero-order valence-corrected chi connectivity index (χ0v) is 17.4. The Labute approximate surface area is 169 Å². The molecule has 2 aliphatic heterocycles. The molecule has 0 aromatic heterocycles. The maximum Gasteiger partial charge on any atom is 0.276 e. The van der Waals surface area contributed by atoms with Crippen LogP contribution in [0.5, 0.6) is 0 Å². The van der Waals surface area contributed by atoms with Crippen molar-refractivity contribution >= 4 is 28.5 Å². The number of fused-ring (bicyclic) bond motifs is 2. The lowest BCUT2D eigenvalue weighted by Gasteiger charge is -2.34. The summed E-state index contributed by atoms with van der Waals surface area (Å²) < 4.78 is 0. The van der Waals surface area contributed by atoms with Gasteiger partial charge in [0.15, 0.2) is 11.3 Å². The lowest BCUT2D eigenvalue weighted by Crippen LogP contribution is -2.50. The summed E-state index contributed by atoms with van der Waals surface area (Å²) in [4.78, 5) is 17.8. The number of thioether (sulfide) groups is 1. The molecule has 2 heterocycles. The van der Waals surface area contributed by atoms with E-state index >= 15 is 0 Å². The molecule has 6 heteroatoms. The van der Waals surface area contributed by atoms with Gasteiger partial charge in [-0.25, -0.2) is 5.01 Å². The molecule has 4 rings (SSSR count). The molecule has 0 fully saturated rings. The molecule has 144 valence electrons. The van der Waals surface area contributed by atoms with Crippen molar-refractivity contribution in [2.75, 3.05) is 5.75 Å². The van der Waals surface area contributed by atoms with Gasteiger partial charge in [-0.2, -0.15) is 0 Å². The molecule has 2 aromatic carbocycles. The van der Waals surface area contributed by atoms with E-state index in [9.17, 15) is 4.79 Å². The summed E-state index contributed by atoms with van der Waals surface area (Å²) in [6.45, 7) is 8.63. The number of carbonyl (C=O) groups is 1. The predicted molar refractivity (Wildman–Crippen MR) is 114 cm³/mol. The molecule has 0 aliphatic carbocycles. The monoisotopic (exact) mass is 392 g/mol. The topological polar surface area (TPSA) is 57.1 Å². The molecule has 0 saturated carbocycles. The van der Waals surface area contributed by atoms with Crippen LogP contribution in [-0.2, 0) is 10.2 Å². The Hall–Kier alpha value is -2.60. The van der Waals surface area contributed by atoms with Crippen LogP contribution in [0.3, 0.4) is 0 Å². The van der Waals surface area contributed by atoms with Crippen LogP contribution in [0.25, 0.3) is 5.70 Å². The molecule has 1 unspecified atom stereocenters. The Balaban J connectivity index is 1.87. The van der Waals surface area contributed by atoms with Gasteiger partial charge in [-0.05, 0) is 28.4 Å². The summed E-state index contributed by atoms with van der Waals surface area (Å²) in [6, 6.07) is 16.2. The van der Waals surface area contributed by atoms with E-state index in [1.165, 1.54) is 17.3 Å². The van der Waals surface area contributed by atoms with Crippen LogP contribution >= 0.6 is 11.8 Å². The largest absolute Gasteiger partial charge is 0.298 e. The third kappa shape index (κ3) is 3.33. The van der Waals surface area contributed by atoms with Gasteiger partial charge in [-0.3, -0.25) is 15.1 Å². The highest BCUT2D eigenvalue weighted by atomic mass is 32.2. The van der Waals surface area contributed by atoms with E-state index < -0.39 is 0 Å². The number of nitrogens with zero attached hydrogens (tertiary/aromatic N) is 3. The molecule has 0 saturated heterocycles. The quantitative estimate of drug-likeness (QED) is 0.855. The third-order valence-electron chi connectivity index (χ3n) is 4.87. The molecule has 28 heavy (non-hydrogen) atoms. The zero-order valence-electron chi connectivity index (χ0n) is 16.6. The number of hydrogen-bond donors (Lipinski definition) is 1. The first-order chi connectivity index (χ1) is 13.4. The minimum absolute atomic E-state index is 0.0836. The zero-order chi connectivity index (χ0) is 19.9. The number of hydrazone groups is 1. The summed E-state index contributed by atoms with van der Waals surface area (Å²) >= 11 is 1.52. The van der Waals surface area contributed by atoms with Gasteiger partial charge in [0, 0.05) is 5.22 Å².